The van der Waals surface area contributed by atoms with Crippen LogP contribution in [0.4, 0.5) is 0 Å². The quantitative estimate of drug-likeness (QED) is 0.749. The molecule has 0 aliphatic heterocycles. The smallest absolute Gasteiger partial charge is 0.253 e. The van der Waals surface area contributed by atoms with Gasteiger partial charge in [-0.05, 0) is 69.2 Å². The predicted molar refractivity (Wildman–Crippen MR) is 107 cm³/mol. The van der Waals surface area contributed by atoms with Crippen molar-refractivity contribution in [2.24, 2.45) is 0 Å². The van der Waals surface area contributed by atoms with Crippen molar-refractivity contribution < 1.29 is 4.79 Å². The second-order valence-corrected chi connectivity index (χ2v) is 7.75. The molecule has 1 aliphatic carbocycles. The number of carbonyl (C=O) groups excluding carboxylic acids is 1. The molecule has 1 amide bonds. The van der Waals surface area contributed by atoms with E-state index in [1.54, 1.807) is 12.4 Å². The second-order valence-electron chi connectivity index (χ2n) is 7.75. The molecule has 1 aromatic carbocycles. The van der Waals surface area contributed by atoms with Crippen molar-refractivity contribution in [1.82, 2.24) is 20.1 Å². The zero-order valence-electron chi connectivity index (χ0n) is 16.2. The third kappa shape index (κ3) is 3.46. The predicted octanol–water partition coefficient (Wildman–Crippen LogP) is 4.38. The lowest BCUT2D eigenvalue weighted by Gasteiger charge is -2.20. The Balaban J connectivity index is 1.52. The van der Waals surface area contributed by atoms with Crippen molar-refractivity contribution in [3.05, 3.63) is 58.9 Å². The van der Waals surface area contributed by atoms with Crippen LogP contribution in [-0.4, -0.2) is 20.7 Å². The van der Waals surface area contributed by atoms with Crippen LogP contribution >= 0.6 is 0 Å². The van der Waals surface area contributed by atoms with Gasteiger partial charge in [0.2, 0.25) is 0 Å². The van der Waals surface area contributed by atoms with E-state index in [0.717, 1.165) is 23.0 Å². The van der Waals surface area contributed by atoms with E-state index in [2.05, 4.69) is 47.4 Å². The lowest BCUT2D eigenvalue weighted by molar-refractivity contribution is 0.0939. The second kappa shape index (κ2) is 7.14. The van der Waals surface area contributed by atoms with Gasteiger partial charge >= 0.3 is 0 Å². The van der Waals surface area contributed by atoms with Gasteiger partial charge in [0.05, 0.1) is 17.8 Å². The summed E-state index contributed by atoms with van der Waals surface area (Å²) in [7, 11) is 0. The van der Waals surface area contributed by atoms with Gasteiger partial charge < -0.3 is 5.32 Å². The van der Waals surface area contributed by atoms with Gasteiger partial charge in [-0.2, -0.15) is 5.10 Å². The van der Waals surface area contributed by atoms with Gasteiger partial charge in [-0.1, -0.05) is 18.2 Å². The Morgan fingerprint density at radius 3 is 2.63 bits per heavy atom. The van der Waals surface area contributed by atoms with Crippen LogP contribution in [0.3, 0.4) is 0 Å². The lowest BCUT2D eigenvalue weighted by Crippen LogP contribution is -2.27. The Morgan fingerprint density at radius 1 is 1.07 bits per heavy atom. The molecule has 3 aromatic rings. The van der Waals surface area contributed by atoms with Crippen LogP contribution in [0, 0.1) is 0 Å². The van der Waals surface area contributed by atoms with Gasteiger partial charge in [-0.15, -0.1) is 0 Å². The third-order valence-corrected chi connectivity index (χ3v) is 5.40. The molecular weight excluding hydrogens is 336 g/mol. The Labute approximate surface area is 159 Å². The highest BCUT2D eigenvalue weighted by Crippen LogP contribution is 2.25. The van der Waals surface area contributed by atoms with Crippen LogP contribution in [0.1, 0.15) is 72.7 Å². The number of pyridine rings is 1. The number of nitrogens with one attached hydrogen (secondary N) is 1. The van der Waals surface area contributed by atoms with Gasteiger partial charge in [0.15, 0.2) is 5.65 Å². The summed E-state index contributed by atoms with van der Waals surface area (Å²) in [6.45, 7) is 6.16. The summed E-state index contributed by atoms with van der Waals surface area (Å²) >= 11 is 0. The average molecular weight is 362 g/mol. The topological polar surface area (TPSA) is 59.8 Å². The number of rotatable bonds is 4. The van der Waals surface area contributed by atoms with E-state index < -0.39 is 0 Å². The van der Waals surface area contributed by atoms with E-state index in [0.29, 0.717) is 5.56 Å². The van der Waals surface area contributed by atoms with E-state index in [1.807, 2.05) is 17.7 Å². The molecule has 2 heterocycles. The fraction of sp³-hybridized carbons (Fsp3) is 0.409. The molecule has 1 aliphatic rings. The molecule has 5 nitrogen and oxygen atoms in total. The van der Waals surface area contributed by atoms with Gasteiger partial charge in [0.1, 0.15) is 0 Å². The minimum Gasteiger partial charge on any atom is -0.345 e. The molecular formula is C22H26N4O. The molecule has 140 valence electrons. The van der Waals surface area contributed by atoms with Gasteiger partial charge in [0.25, 0.3) is 5.91 Å². The summed E-state index contributed by atoms with van der Waals surface area (Å²) in [4.78, 5) is 17.2. The summed E-state index contributed by atoms with van der Waals surface area (Å²) in [5.74, 6) is -0.105. The minimum atomic E-state index is -0.105. The van der Waals surface area contributed by atoms with E-state index in [1.165, 1.54) is 30.4 Å². The normalized spacial score (nSPS) is 15.0. The standard InChI is InChI=1S/C22H26N4O/c1-14(2)26-21-19(13-24-26)11-20(12-23-21)22(27)25-15(3)17-9-8-16-6-4-5-7-18(16)10-17/h8-15H,4-7H2,1-3H3,(H,25,27). The first-order valence-corrected chi connectivity index (χ1v) is 9.79. The Morgan fingerprint density at radius 2 is 1.85 bits per heavy atom. The van der Waals surface area contributed by atoms with Crippen LogP contribution in [0.15, 0.2) is 36.7 Å². The average Bonchev–Trinajstić information content (AvgIpc) is 3.11. The number of aromatic nitrogens is 3. The molecule has 0 radical (unpaired) electrons. The summed E-state index contributed by atoms with van der Waals surface area (Å²) in [6, 6.07) is 8.68. The first kappa shape index (κ1) is 17.7. The first-order chi connectivity index (χ1) is 13.0. The van der Waals surface area contributed by atoms with E-state index in [4.69, 9.17) is 0 Å². The monoisotopic (exact) mass is 362 g/mol. The number of carbonyl (C=O) groups is 1. The molecule has 1 atom stereocenters. The van der Waals surface area contributed by atoms with E-state index in [9.17, 15) is 4.79 Å². The molecule has 0 spiro atoms. The maximum Gasteiger partial charge on any atom is 0.253 e. The Hall–Kier alpha value is -2.69. The van der Waals surface area contributed by atoms with Crippen molar-refractivity contribution >= 4 is 16.9 Å². The van der Waals surface area contributed by atoms with Crippen LogP contribution in [0.2, 0.25) is 0 Å². The SMILES string of the molecule is CC(NC(=O)c1cnc2c(cnn2C(C)C)c1)c1ccc2c(c1)CCCC2. The highest BCUT2D eigenvalue weighted by atomic mass is 16.1. The molecule has 0 saturated carbocycles. The van der Waals surface area contributed by atoms with Crippen molar-refractivity contribution in [3.8, 4) is 0 Å². The maximum absolute atomic E-state index is 12.7. The lowest BCUT2D eigenvalue weighted by atomic mass is 9.89. The van der Waals surface area contributed by atoms with Crippen molar-refractivity contribution in [2.75, 3.05) is 0 Å². The fourth-order valence-corrected chi connectivity index (χ4v) is 3.83. The fourth-order valence-electron chi connectivity index (χ4n) is 3.83. The molecule has 1 unspecified atom stereocenters. The zero-order chi connectivity index (χ0) is 19.0. The number of amides is 1. The largest absolute Gasteiger partial charge is 0.345 e. The van der Waals surface area contributed by atoms with Crippen molar-refractivity contribution in [2.45, 2.75) is 58.5 Å². The number of benzene rings is 1. The highest BCUT2D eigenvalue weighted by Gasteiger charge is 2.16. The Kier molecular flexibility index (Phi) is 4.68. The number of fused-ring (bicyclic) bond motifs is 2. The van der Waals surface area contributed by atoms with Crippen LogP contribution in [0.25, 0.3) is 11.0 Å². The number of hydrogen-bond donors (Lipinski definition) is 1. The number of hydrogen-bond acceptors (Lipinski definition) is 3. The third-order valence-electron chi connectivity index (χ3n) is 5.40. The minimum absolute atomic E-state index is 0.0428. The Bertz CT molecular complexity index is 989. The van der Waals surface area contributed by atoms with Crippen LogP contribution < -0.4 is 5.32 Å². The van der Waals surface area contributed by atoms with E-state index >= 15 is 0 Å². The molecule has 1 N–H and O–H groups in total. The van der Waals surface area contributed by atoms with Crippen molar-refractivity contribution in [3.63, 3.8) is 0 Å². The summed E-state index contributed by atoms with van der Waals surface area (Å²) in [5.41, 5.74) is 5.43. The summed E-state index contributed by atoms with van der Waals surface area (Å²) < 4.78 is 1.87. The van der Waals surface area contributed by atoms with Crippen LogP contribution in [-0.2, 0) is 12.8 Å². The van der Waals surface area contributed by atoms with Crippen molar-refractivity contribution in [1.29, 1.82) is 0 Å². The van der Waals surface area contributed by atoms with Gasteiger partial charge in [-0.25, -0.2) is 9.67 Å². The number of nitrogens with zero attached hydrogens (tertiary/aromatic N) is 3. The highest BCUT2D eigenvalue weighted by molar-refractivity contribution is 5.97. The van der Waals surface area contributed by atoms with E-state index in [-0.39, 0.29) is 18.0 Å². The zero-order valence-corrected chi connectivity index (χ0v) is 16.2. The number of aryl methyl sites for hydroxylation is 2. The summed E-state index contributed by atoms with van der Waals surface area (Å²) in [6.07, 6.45) is 8.26. The van der Waals surface area contributed by atoms with Crippen LogP contribution in [0.5, 0.6) is 0 Å². The molecule has 0 bridgehead atoms. The van der Waals surface area contributed by atoms with Gasteiger partial charge in [0, 0.05) is 17.6 Å². The molecule has 0 fully saturated rings. The molecule has 0 saturated heterocycles. The summed E-state index contributed by atoms with van der Waals surface area (Å²) in [5, 5.41) is 8.36. The molecule has 2 aromatic heterocycles. The van der Waals surface area contributed by atoms with Gasteiger partial charge in [-0.3, -0.25) is 4.79 Å². The molecule has 5 heteroatoms. The molecule has 27 heavy (non-hydrogen) atoms. The first-order valence-electron chi connectivity index (χ1n) is 9.79. The molecule has 4 rings (SSSR count). The maximum atomic E-state index is 12.7.